The molecule has 1 aromatic carbocycles. The fourth-order valence-corrected chi connectivity index (χ4v) is 7.18. The van der Waals surface area contributed by atoms with E-state index < -0.39 is 8.07 Å². The van der Waals surface area contributed by atoms with Gasteiger partial charge in [0.2, 0.25) is 0 Å². The van der Waals surface area contributed by atoms with Gasteiger partial charge in [-0.05, 0) is 29.5 Å². The van der Waals surface area contributed by atoms with Gasteiger partial charge in [-0.2, -0.15) is 0 Å². The molecule has 0 amide bonds. The summed E-state index contributed by atoms with van der Waals surface area (Å²) < 4.78 is 5.64. The Morgan fingerprint density at radius 1 is 0.840 bits per heavy atom. The first-order chi connectivity index (χ1) is 12.0. The van der Waals surface area contributed by atoms with Gasteiger partial charge in [0.1, 0.15) is 5.75 Å². The molecule has 0 saturated heterocycles. The Balaban J connectivity index is 2.24. The second-order valence-electron chi connectivity index (χ2n) is 8.11. The van der Waals surface area contributed by atoms with E-state index >= 15 is 0 Å². The maximum Gasteiger partial charge on any atom is 0.119 e. The standard InChI is InChI=1S/C22H40OSSi/c1-6-7-8-9-10-11-12-13-14-15-19-24-21-18-16-17-20(23-2)22(21)25(3,4)5/h16-18H,6-15,19H2,1-5H3. The Kier molecular flexibility index (Phi) is 11.6. The van der Waals surface area contributed by atoms with Gasteiger partial charge in [0.15, 0.2) is 0 Å². The lowest BCUT2D eigenvalue weighted by Crippen LogP contribution is -2.40. The lowest BCUT2D eigenvalue weighted by molar-refractivity contribution is 0.417. The van der Waals surface area contributed by atoms with Gasteiger partial charge >= 0.3 is 0 Å². The molecule has 0 radical (unpaired) electrons. The molecule has 0 aromatic heterocycles. The molecule has 1 nitrogen and oxygen atoms in total. The van der Waals surface area contributed by atoms with Crippen LogP contribution in [0.3, 0.4) is 0 Å². The monoisotopic (exact) mass is 380 g/mol. The zero-order chi connectivity index (χ0) is 18.5. The van der Waals surface area contributed by atoms with E-state index in [0.717, 1.165) is 5.75 Å². The van der Waals surface area contributed by atoms with Crippen molar-refractivity contribution in [2.24, 2.45) is 0 Å². The molecule has 0 saturated carbocycles. The van der Waals surface area contributed by atoms with Gasteiger partial charge < -0.3 is 4.74 Å². The predicted molar refractivity (Wildman–Crippen MR) is 119 cm³/mol. The Hall–Kier alpha value is -0.413. The molecule has 0 fully saturated rings. The number of hydrogen-bond acceptors (Lipinski definition) is 2. The number of rotatable bonds is 14. The van der Waals surface area contributed by atoms with Crippen molar-refractivity contribution in [1.82, 2.24) is 0 Å². The molecule has 1 rings (SSSR count). The lowest BCUT2D eigenvalue weighted by Gasteiger charge is -2.23. The molecule has 0 unspecified atom stereocenters. The normalized spacial score (nSPS) is 11.7. The van der Waals surface area contributed by atoms with E-state index in [2.05, 4.69) is 44.8 Å². The summed E-state index contributed by atoms with van der Waals surface area (Å²) in [6, 6.07) is 6.55. The molecule has 0 heterocycles. The van der Waals surface area contributed by atoms with Gasteiger partial charge in [-0.15, -0.1) is 11.8 Å². The van der Waals surface area contributed by atoms with E-state index in [1.807, 2.05) is 11.8 Å². The van der Waals surface area contributed by atoms with Crippen LogP contribution in [0.1, 0.15) is 71.1 Å². The minimum atomic E-state index is -1.39. The highest BCUT2D eigenvalue weighted by atomic mass is 32.2. The predicted octanol–water partition coefficient (Wildman–Crippen LogP) is 7.25. The van der Waals surface area contributed by atoms with E-state index in [4.69, 9.17) is 4.74 Å². The number of ether oxygens (including phenoxy) is 1. The molecule has 0 aliphatic rings. The summed E-state index contributed by atoms with van der Waals surface area (Å²) in [5, 5.41) is 1.49. The van der Waals surface area contributed by atoms with Crippen molar-refractivity contribution >= 4 is 25.0 Å². The Bertz CT molecular complexity index is 468. The molecule has 0 aliphatic carbocycles. The zero-order valence-electron chi connectivity index (χ0n) is 17.3. The molecule has 25 heavy (non-hydrogen) atoms. The minimum Gasteiger partial charge on any atom is -0.497 e. The summed E-state index contributed by atoms with van der Waals surface area (Å²) in [6.45, 7) is 9.52. The molecule has 3 heteroatoms. The summed E-state index contributed by atoms with van der Waals surface area (Å²) in [6.07, 6.45) is 14.1. The highest BCUT2D eigenvalue weighted by molar-refractivity contribution is 7.99. The van der Waals surface area contributed by atoms with Crippen LogP contribution >= 0.6 is 11.8 Å². The quantitative estimate of drug-likeness (QED) is 0.191. The molecule has 0 aliphatic heterocycles. The van der Waals surface area contributed by atoms with Crippen LogP contribution in [0.4, 0.5) is 0 Å². The van der Waals surface area contributed by atoms with Gasteiger partial charge in [-0.25, -0.2) is 0 Å². The summed E-state index contributed by atoms with van der Waals surface area (Å²) in [7, 11) is 0.412. The highest BCUT2D eigenvalue weighted by Crippen LogP contribution is 2.26. The summed E-state index contributed by atoms with van der Waals surface area (Å²) >= 11 is 2.04. The van der Waals surface area contributed by atoms with Crippen LogP contribution in [0, 0.1) is 0 Å². The number of unbranched alkanes of at least 4 members (excludes halogenated alkanes) is 9. The molecular weight excluding hydrogens is 340 g/mol. The third kappa shape index (κ3) is 9.19. The van der Waals surface area contributed by atoms with E-state index in [1.54, 1.807) is 7.11 Å². The van der Waals surface area contributed by atoms with Gasteiger partial charge in [0, 0.05) is 4.90 Å². The van der Waals surface area contributed by atoms with Crippen LogP contribution in [0.5, 0.6) is 5.75 Å². The molecule has 0 atom stereocenters. The van der Waals surface area contributed by atoms with E-state index in [0.29, 0.717) is 0 Å². The van der Waals surface area contributed by atoms with Crippen LogP contribution in [0.2, 0.25) is 19.6 Å². The second kappa shape index (κ2) is 12.9. The van der Waals surface area contributed by atoms with Crippen LogP contribution < -0.4 is 9.92 Å². The number of thioether (sulfide) groups is 1. The summed E-state index contributed by atoms with van der Waals surface area (Å²) in [5.41, 5.74) is 0. The summed E-state index contributed by atoms with van der Waals surface area (Å²) in [5.74, 6) is 2.33. The average Bonchev–Trinajstić information content (AvgIpc) is 2.58. The lowest BCUT2D eigenvalue weighted by atomic mass is 10.1. The van der Waals surface area contributed by atoms with Gasteiger partial charge in [-0.3, -0.25) is 0 Å². The smallest absolute Gasteiger partial charge is 0.119 e. The Morgan fingerprint density at radius 3 is 1.92 bits per heavy atom. The first kappa shape index (κ1) is 22.6. The van der Waals surface area contributed by atoms with E-state index in [1.165, 1.54) is 80.0 Å². The molecule has 0 bridgehead atoms. The molecule has 0 N–H and O–H groups in total. The number of hydrogen-bond donors (Lipinski definition) is 0. The van der Waals surface area contributed by atoms with Crippen LogP contribution in [0.15, 0.2) is 23.1 Å². The number of benzene rings is 1. The van der Waals surface area contributed by atoms with Gasteiger partial charge in [-0.1, -0.05) is 90.4 Å². The minimum absolute atomic E-state index is 1.09. The largest absolute Gasteiger partial charge is 0.497 e. The van der Waals surface area contributed by atoms with Crippen LogP contribution in [-0.2, 0) is 0 Å². The van der Waals surface area contributed by atoms with Crippen molar-refractivity contribution in [1.29, 1.82) is 0 Å². The number of methoxy groups -OCH3 is 1. The van der Waals surface area contributed by atoms with Crippen LogP contribution in [0.25, 0.3) is 0 Å². The van der Waals surface area contributed by atoms with Crippen molar-refractivity contribution in [3.8, 4) is 5.75 Å². The van der Waals surface area contributed by atoms with E-state index in [9.17, 15) is 0 Å². The Morgan fingerprint density at radius 2 is 1.40 bits per heavy atom. The van der Waals surface area contributed by atoms with Crippen LogP contribution in [-0.4, -0.2) is 20.9 Å². The third-order valence-electron chi connectivity index (χ3n) is 4.71. The third-order valence-corrected chi connectivity index (χ3v) is 8.05. The van der Waals surface area contributed by atoms with Crippen molar-refractivity contribution < 1.29 is 4.74 Å². The fourth-order valence-electron chi connectivity index (χ4n) is 3.31. The molecular formula is C22H40OSSi. The average molecular weight is 381 g/mol. The van der Waals surface area contributed by atoms with E-state index in [-0.39, 0.29) is 0 Å². The van der Waals surface area contributed by atoms with Crippen molar-refractivity contribution in [3.63, 3.8) is 0 Å². The first-order valence-electron chi connectivity index (χ1n) is 10.3. The highest BCUT2D eigenvalue weighted by Gasteiger charge is 2.24. The topological polar surface area (TPSA) is 9.23 Å². The SMILES string of the molecule is CCCCCCCCCCCCSc1cccc(OC)c1[Si](C)(C)C. The van der Waals surface area contributed by atoms with Crippen molar-refractivity contribution in [2.45, 2.75) is 95.7 Å². The summed E-state index contributed by atoms with van der Waals surface area (Å²) in [4.78, 5) is 1.45. The zero-order valence-corrected chi connectivity index (χ0v) is 19.1. The first-order valence-corrected chi connectivity index (χ1v) is 14.8. The molecule has 1 aromatic rings. The maximum atomic E-state index is 5.64. The fraction of sp³-hybridized carbons (Fsp3) is 0.727. The van der Waals surface area contributed by atoms with Gasteiger partial charge in [0.05, 0.1) is 15.2 Å². The Labute approximate surface area is 162 Å². The van der Waals surface area contributed by atoms with Gasteiger partial charge in [0.25, 0.3) is 0 Å². The maximum absolute atomic E-state index is 5.64. The van der Waals surface area contributed by atoms with Crippen molar-refractivity contribution in [2.75, 3.05) is 12.9 Å². The second-order valence-corrected chi connectivity index (χ2v) is 14.3. The molecule has 144 valence electrons. The van der Waals surface area contributed by atoms with Crippen molar-refractivity contribution in [3.05, 3.63) is 18.2 Å². The molecule has 0 spiro atoms.